The molecule has 0 bridgehead atoms. The molecule has 17 heavy (non-hydrogen) atoms. The summed E-state index contributed by atoms with van der Waals surface area (Å²) in [6.45, 7) is 3.16. The summed E-state index contributed by atoms with van der Waals surface area (Å²) in [5, 5.41) is 3.07. The third kappa shape index (κ3) is 4.87. The zero-order valence-corrected chi connectivity index (χ0v) is 10.3. The molecule has 0 heterocycles. The van der Waals surface area contributed by atoms with Gasteiger partial charge in [0.25, 0.3) is 0 Å². The zero-order chi connectivity index (χ0) is 12.5. The van der Waals surface area contributed by atoms with Crippen LogP contribution in [0.1, 0.15) is 13.3 Å². The number of hydrogen-bond acceptors (Lipinski definition) is 4. The van der Waals surface area contributed by atoms with Crippen molar-refractivity contribution in [1.82, 2.24) is 5.32 Å². The standard InChI is InChI=1S/C13H19NO3/c1-3-14-12(13(15)16-2)9-10-17-11-7-5-4-6-8-11/h4-8,12,14H,3,9-10H2,1-2H3. The monoisotopic (exact) mass is 237 g/mol. The van der Waals surface area contributed by atoms with E-state index in [-0.39, 0.29) is 12.0 Å². The van der Waals surface area contributed by atoms with Gasteiger partial charge in [0, 0.05) is 6.42 Å². The molecule has 0 aliphatic rings. The number of carbonyl (C=O) groups excluding carboxylic acids is 1. The summed E-state index contributed by atoms with van der Waals surface area (Å²) in [7, 11) is 1.39. The fourth-order valence-corrected chi connectivity index (χ4v) is 1.50. The number of para-hydroxylation sites is 1. The summed E-state index contributed by atoms with van der Waals surface area (Å²) in [5.74, 6) is 0.566. The van der Waals surface area contributed by atoms with Crippen LogP contribution in [0.4, 0.5) is 0 Å². The first-order valence-electron chi connectivity index (χ1n) is 5.77. The van der Waals surface area contributed by atoms with Gasteiger partial charge in [0.2, 0.25) is 0 Å². The Morgan fingerprint density at radius 1 is 1.35 bits per heavy atom. The predicted octanol–water partition coefficient (Wildman–Crippen LogP) is 1.61. The second-order valence-electron chi connectivity index (χ2n) is 3.58. The molecule has 4 nitrogen and oxygen atoms in total. The molecule has 94 valence electrons. The molecular formula is C13H19NO3. The smallest absolute Gasteiger partial charge is 0.322 e. The number of methoxy groups -OCH3 is 1. The molecule has 0 fully saturated rings. The Morgan fingerprint density at radius 3 is 2.65 bits per heavy atom. The van der Waals surface area contributed by atoms with Gasteiger partial charge in [-0.3, -0.25) is 4.79 Å². The maximum atomic E-state index is 11.4. The molecule has 0 aliphatic carbocycles. The van der Waals surface area contributed by atoms with Crippen LogP contribution in [-0.2, 0) is 9.53 Å². The number of nitrogens with one attached hydrogen (secondary N) is 1. The van der Waals surface area contributed by atoms with Gasteiger partial charge in [-0.25, -0.2) is 0 Å². The van der Waals surface area contributed by atoms with Crippen molar-refractivity contribution in [2.45, 2.75) is 19.4 Å². The molecule has 0 aliphatic heterocycles. The second-order valence-corrected chi connectivity index (χ2v) is 3.58. The fraction of sp³-hybridized carbons (Fsp3) is 0.462. The van der Waals surface area contributed by atoms with E-state index < -0.39 is 0 Å². The molecule has 1 aromatic carbocycles. The highest BCUT2D eigenvalue weighted by molar-refractivity contribution is 5.75. The fourth-order valence-electron chi connectivity index (χ4n) is 1.50. The first kappa shape index (κ1) is 13.5. The molecule has 1 unspecified atom stereocenters. The molecule has 0 radical (unpaired) electrons. The maximum Gasteiger partial charge on any atom is 0.322 e. The molecule has 4 heteroatoms. The van der Waals surface area contributed by atoms with E-state index >= 15 is 0 Å². The van der Waals surface area contributed by atoms with E-state index in [1.165, 1.54) is 7.11 Å². The quantitative estimate of drug-likeness (QED) is 0.732. The highest BCUT2D eigenvalue weighted by Crippen LogP contribution is 2.09. The van der Waals surface area contributed by atoms with Crippen LogP contribution in [0, 0.1) is 0 Å². The second kappa shape index (κ2) is 7.68. The lowest BCUT2D eigenvalue weighted by Gasteiger charge is -2.15. The van der Waals surface area contributed by atoms with Crippen LogP contribution in [0.3, 0.4) is 0 Å². The number of esters is 1. The first-order valence-corrected chi connectivity index (χ1v) is 5.77. The molecule has 0 saturated carbocycles. The van der Waals surface area contributed by atoms with Gasteiger partial charge in [0.15, 0.2) is 0 Å². The van der Waals surface area contributed by atoms with E-state index in [9.17, 15) is 4.79 Å². The van der Waals surface area contributed by atoms with Gasteiger partial charge >= 0.3 is 5.97 Å². The molecule has 1 N–H and O–H groups in total. The van der Waals surface area contributed by atoms with Gasteiger partial charge in [-0.2, -0.15) is 0 Å². The molecule has 1 aromatic rings. The Hall–Kier alpha value is -1.55. The van der Waals surface area contributed by atoms with Crippen LogP contribution in [0.15, 0.2) is 30.3 Å². The van der Waals surface area contributed by atoms with Crippen molar-refractivity contribution in [3.8, 4) is 5.75 Å². The average molecular weight is 237 g/mol. The minimum absolute atomic E-state index is 0.247. The summed E-state index contributed by atoms with van der Waals surface area (Å²) in [5.41, 5.74) is 0. The SMILES string of the molecule is CCNC(CCOc1ccccc1)C(=O)OC. The van der Waals surface area contributed by atoms with Gasteiger partial charge in [0.1, 0.15) is 11.8 Å². The minimum Gasteiger partial charge on any atom is -0.494 e. The van der Waals surface area contributed by atoms with Crippen molar-refractivity contribution in [2.75, 3.05) is 20.3 Å². The summed E-state index contributed by atoms with van der Waals surface area (Å²) in [6, 6.07) is 9.24. The van der Waals surface area contributed by atoms with E-state index in [2.05, 4.69) is 5.32 Å². The summed E-state index contributed by atoms with van der Waals surface area (Å²) in [4.78, 5) is 11.4. The van der Waals surface area contributed by atoms with Crippen LogP contribution < -0.4 is 10.1 Å². The molecule has 0 spiro atoms. The Morgan fingerprint density at radius 2 is 2.06 bits per heavy atom. The van der Waals surface area contributed by atoms with Crippen molar-refractivity contribution in [1.29, 1.82) is 0 Å². The van der Waals surface area contributed by atoms with E-state index in [0.717, 1.165) is 12.3 Å². The number of benzene rings is 1. The third-order valence-electron chi connectivity index (χ3n) is 2.35. The Kier molecular flexibility index (Phi) is 6.10. The zero-order valence-electron chi connectivity index (χ0n) is 10.3. The Bertz CT molecular complexity index is 327. The normalized spacial score (nSPS) is 11.9. The summed E-state index contributed by atoms with van der Waals surface area (Å²) in [6.07, 6.45) is 0.593. The van der Waals surface area contributed by atoms with Crippen molar-refractivity contribution in [3.05, 3.63) is 30.3 Å². The minimum atomic E-state index is -0.297. The lowest BCUT2D eigenvalue weighted by Crippen LogP contribution is -2.38. The number of ether oxygens (including phenoxy) is 2. The third-order valence-corrected chi connectivity index (χ3v) is 2.35. The molecule has 1 atom stereocenters. The van der Waals surface area contributed by atoms with E-state index in [4.69, 9.17) is 9.47 Å². The molecule has 1 rings (SSSR count). The topological polar surface area (TPSA) is 47.6 Å². The number of likely N-dealkylation sites (N-methyl/N-ethyl adjacent to an activating group) is 1. The van der Waals surface area contributed by atoms with Crippen LogP contribution in [0.5, 0.6) is 5.75 Å². The molecular weight excluding hydrogens is 218 g/mol. The first-order chi connectivity index (χ1) is 8.27. The largest absolute Gasteiger partial charge is 0.494 e. The van der Waals surface area contributed by atoms with Crippen molar-refractivity contribution in [2.24, 2.45) is 0 Å². The van der Waals surface area contributed by atoms with Gasteiger partial charge in [0.05, 0.1) is 13.7 Å². The number of carbonyl (C=O) groups is 1. The van der Waals surface area contributed by atoms with Gasteiger partial charge < -0.3 is 14.8 Å². The van der Waals surface area contributed by atoms with Crippen LogP contribution >= 0.6 is 0 Å². The van der Waals surface area contributed by atoms with Crippen molar-refractivity contribution >= 4 is 5.97 Å². The maximum absolute atomic E-state index is 11.4. The molecule has 0 aromatic heterocycles. The molecule has 0 saturated heterocycles. The summed E-state index contributed by atoms with van der Waals surface area (Å²) >= 11 is 0. The molecule has 0 amide bonds. The lowest BCUT2D eigenvalue weighted by molar-refractivity contribution is -0.143. The van der Waals surface area contributed by atoms with Crippen LogP contribution in [0.25, 0.3) is 0 Å². The highest BCUT2D eigenvalue weighted by atomic mass is 16.5. The van der Waals surface area contributed by atoms with Gasteiger partial charge in [-0.15, -0.1) is 0 Å². The summed E-state index contributed by atoms with van der Waals surface area (Å²) < 4.78 is 10.2. The van der Waals surface area contributed by atoms with Crippen molar-refractivity contribution in [3.63, 3.8) is 0 Å². The van der Waals surface area contributed by atoms with Gasteiger partial charge in [-0.05, 0) is 18.7 Å². The highest BCUT2D eigenvalue weighted by Gasteiger charge is 2.17. The van der Waals surface area contributed by atoms with Crippen molar-refractivity contribution < 1.29 is 14.3 Å². The number of hydrogen-bond donors (Lipinski definition) is 1. The number of rotatable bonds is 7. The van der Waals surface area contributed by atoms with Gasteiger partial charge in [-0.1, -0.05) is 25.1 Å². The predicted molar refractivity (Wildman–Crippen MR) is 66.0 cm³/mol. The Balaban J connectivity index is 2.34. The van der Waals surface area contributed by atoms with E-state index in [0.29, 0.717) is 13.0 Å². The van der Waals surface area contributed by atoms with E-state index in [1.54, 1.807) is 0 Å². The average Bonchev–Trinajstić information content (AvgIpc) is 2.38. The van der Waals surface area contributed by atoms with E-state index in [1.807, 2.05) is 37.3 Å². The Labute approximate surface area is 102 Å². The van der Waals surface area contributed by atoms with Crippen LogP contribution in [-0.4, -0.2) is 32.3 Å². The van der Waals surface area contributed by atoms with Crippen LogP contribution in [0.2, 0.25) is 0 Å². The lowest BCUT2D eigenvalue weighted by atomic mass is 10.2.